The lowest BCUT2D eigenvalue weighted by Gasteiger charge is -2.12. The average Bonchev–Trinajstić information content (AvgIpc) is 2.92. The average molecular weight is 283 g/mol. The molecule has 1 aromatic rings. The molecule has 0 aromatic heterocycles. The fourth-order valence-corrected chi connectivity index (χ4v) is 1.96. The van der Waals surface area contributed by atoms with Crippen LogP contribution in [0.2, 0.25) is 0 Å². The number of alkyl halides is 1. The van der Waals surface area contributed by atoms with E-state index in [1.807, 2.05) is 0 Å². The van der Waals surface area contributed by atoms with Gasteiger partial charge in [-0.05, 0) is 31.0 Å². The van der Waals surface area contributed by atoms with Gasteiger partial charge in [0, 0.05) is 24.5 Å². The van der Waals surface area contributed by atoms with Crippen molar-refractivity contribution in [2.75, 3.05) is 19.1 Å². The summed E-state index contributed by atoms with van der Waals surface area (Å²) in [5.41, 5.74) is 0.730. The molecule has 4 heteroatoms. The van der Waals surface area contributed by atoms with Crippen LogP contribution in [0.4, 0.5) is 4.39 Å². The highest BCUT2D eigenvalue weighted by atomic mass is 35.5. The quantitative estimate of drug-likeness (QED) is 0.623. The molecule has 2 nitrogen and oxygen atoms in total. The number of benzene rings is 1. The van der Waals surface area contributed by atoms with Gasteiger partial charge in [0.1, 0.15) is 6.61 Å². The number of rotatable bonds is 4. The first kappa shape index (κ1) is 14.2. The van der Waals surface area contributed by atoms with Gasteiger partial charge in [-0.3, -0.25) is 0 Å². The highest BCUT2D eigenvalue weighted by Crippen LogP contribution is 2.20. The monoisotopic (exact) mass is 282 g/mol. The molecule has 0 spiro atoms. The maximum atomic E-state index is 13.6. The molecule has 1 heterocycles. The summed E-state index contributed by atoms with van der Waals surface area (Å²) >= 11 is 5.55. The molecule has 1 saturated heterocycles. The van der Waals surface area contributed by atoms with Crippen LogP contribution >= 0.6 is 11.6 Å². The lowest BCUT2D eigenvalue weighted by atomic mass is 10.2. The Morgan fingerprint density at radius 2 is 2.37 bits per heavy atom. The minimum atomic E-state index is -0.374. The Labute approximate surface area is 117 Å². The SMILES string of the molecule is Fc1ccc(C#CCCCl)cc1OCC1CCCO1. The third kappa shape index (κ3) is 4.41. The lowest BCUT2D eigenvalue weighted by molar-refractivity contribution is 0.0665. The molecule has 1 atom stereocenters. The molecule has 0 N–H and O–H groups in total. The summed E-state index contributed by atoms with van der Waals surface area (Å²) in [7, 11) is 0. The highest BCUT2D eigenvalue weighted by Gasteiger charge is 2.16. The van der Waals surface area contributed by atoms with Gasteiger partial charge in [-0.25, -0.2) is 4.39 Å². The van der Waals surface area contributed by atoms with E-state index in [2.05, 4.69) is 11.8 Å². The molecule has 1 unspecified atom stereocenters. The first-order valence-corrected chi connectivity index (χ1v) is 6.92. The minimum Gasteiger partial charge on any atom is -0.488 e. The van der Waals surface area contributed by atoms with Gasteiger partial charge >= 0.3 is 0 Å². The zero-order chi connectivity index (χ0) is 13.5. The first-order valence-electron chi connectivity index (χ1n) is 6.38. The van der Waals surface area contributed by atoms with Gasteiger partial charge in [0.2, 0.25) is 0 Å². The van der Waals surface area contributed by atoms with Gasteiger partial charge < -0.3 is 9.47 Å². The van der Waals surface area contributed by atoms with E-state index in [1.165, 1.54) is 6.07 Å². The van der Waals surface area contributed by atoms with Crippen molar-refractivity contribution in [2.24, 2.45) is 0 Å². The number of ether oxygens (including phenoxy) is 2. The molecule has 1 aliphatic rings. The van der Waals surface area contributed by atoms with Crippen molar-refractivity contribution in [3.05, 3.63) is 29.6 Å². The van der Waals surface area contributed by atoms with Crippen molar-refractivity contribution in [2.45, 2.75) is 25.4 Å². The molecule has 0 radical (unpaired) electrons. The third-order valence-electron chi connectivity index (χ3n) is 2.83. The molecule has 0 aliphatic carbocycles. The topological polar surface area (TPSA) is 18.5 Å². The van der Waals surface area contributed by atoms with Crippen LogP contribution < -0.4 is 4.74 Å². The summed E-state index contributed by atoms with van der Waals surface area (Å²) in [5, 5.41) is 0. The summed E-state index contributed by atoms with van der Waals surface area (Å²) in [6.07, 6.45) is 2.70. The molecular weight excluding hydrogens is 267 g/mol. The van der Waals surface area contributed by atoms with Crippen molar-refractivity contribution >= 4 is 11.6 Å². The fourth-order valence-electron chi connectivity index (χ4n) is 1.86. The van der Waals surface area contributed by atoms with Crippen molar-refractivity contribution in [1.82, 2.24) is 0 Å². The second-order valence-corrected chi connectivity index (χ2v) is 4.71. The molecule has 102 valence electrons. The molecule has 1 fully saturated rings. The highest BCUT2D eigenvalue weighted by molar-refractivity contribution is 6.18. The summed E-state index contributed by atoms with van der Waals surface area (Å²) in [5.74, 6) is 6.19. The Hall–Kier alpha value is -1.24. The maximum absolute atomic E-state index is 13.6. The third-order valence-corrected chi connectivity index (χ3v) is 3.02. The van der Waals surface area contributed by atoms with Crippen LogP contribution in [0.25, 0.3) is 0 Å². The van der Waals surface area contributed by atoms with E-state index in [9.17, 15) is 4.39 Å². The predicted molar refractivity (Wildman–Crippen MR) is 73.1 cm³/mol. The Morgan fingerprint density at radius 1 is 1.47 bits per heavy atom. The van der Waals surface area contributed by atoms with Gasteiger partial charge in [0.25, 0.3) is 0 Å². The van der Waals surface area contributed by atoms with Crippen molar-refractivity contribution < 1.29 is 13.9 Å². The molecule has 19 heavy (non-hydrogen) atoms. The predicted octanol–water partition coefficient (Wildman–Crippen LogP) is 3.36. The standard InChI is InChI=1S/C15H16ClFO2/c16-8-2-1-4-12-6-7-14(17)15(10-12)19-11-13-5-3-9-18-13/h6-7,10,13H,2-3,5,8-9,11H2. The van der Waals surface area contributed by atoms with E-state index >= 15 is 0 Å². The van der Waals surface area contributed by atoms with E-state index in [0.29, 0.717) is 18.9 Å². The molecule has 0 amide bonds. The van der Waals surface area contributed by atoms with Gasteiger partial charge in [-0.15, -0.1) is 11.6 Å². The zero-order valence-electron chi connectivity index (χ0n) is 10.6. The summed E-state index contributed by atoms with van der Waals surface area (Å²) < 4.78 is 24.5. The largest absolute Gasteiger partial charge is 0.488 e. The Morgan fingerprint density at radius 3 is 3.11 bits per heavy atom. The molecule has 0 saturated carbocycles. The number of halogens is 2. The van der Waals surface area contributed by atoms with Crippen LogP contribution in [0.15, 0.2) is 18.2 Å². The smallest absolute Gasteiger partial charge is 0.165 e. The van der Waals surface area contributed by atoms with Gasteiger partial charge in [-0.2, -0.15) is 0 Å². The van der Waals surface area contributed by atoms with E-state index in [4.69, 9.17) is 21.1 Å². The molecule has 2 rings (SSSR count). The second kappa shape index (κ2) is 7.37. The van der Waals surface area contributed by atoms with Gasteiger partial charge in [0.05, 0.1) is 6.10 Å². The molecule has 1 aromatic carbocycles. The minimum absolute atomic E-state index is 0.0744. The van der Waals surface area contributed by atoms with Crippen LogP contribution in [-0.4, -0.2) is 25.2 Å². The Kier molecular flexibility index (Phi) is 5.50. The molecule has 1 aliphatic heterocycles. The van der Waals surface area contributed by atoms with E-state index < -0.39 is 0 Å². The van der Waals surface area contributed by atoms with Crippen molar-refractivity contribution in [1.29, 1.82) is 0 Å². The van der Waals surface area contributed by atoms with Crippen molar-refractivity contribution in [3.63, 3.8) is 0 Å². The normalized spacial score (nSPS) is 17.9. The fraction of sp³-hybridized carbons (Fsp3) is 0.467. The summed E-state index contributed by atoms with van der Waals surface area (Å²) in [6, 6.07) is 4.62. The van der Waals surface area contributed by atoms with Crippen LogP contribution in [-0.2, 0) is 4.74 Å². The van der Waals surface area contributed by atoms with Gasteiger partial charge in [-0.1, -0.05) is 11.8 Å². The molecule has 0 bridgehead atoms. The number of hydrogen-bond acceptors (Lipinski definition) is 2. The van der Waals surface area contributed by atoms with Crippen molar-refractivity contribution in [3.8, 4) is 17.6 Å². The van der Waals surface area contributed by atoms with Crippen LogP contribution in [0.3, 0.4) is 0 Å². The lowest BCUT2D eigenvalue weighted by Crippen LogP contribution is -2.16. The van der Waals surface area contributed by atoms with Crippen LogP contribution in [0.5, 0.6) is 5.75 Å². The maximum Gasteiger partial charge on any atom is 0.165 e. The Bertz CT molecular complexity index is 473. The summed E-state index contributed by atoms with van der Waals surface area (Å²) in [4.78, 5) is 0. The van der Waals surface area contributed by atoms with E-state index in [0.717, 1.165) is 25.0 Å². The zero-order valence-corrected chi connectivity index (χ0v) is 11.4. The van der Waals surface area contributed by atoms with Crippen LogP contribution in [0, 0.1) is 17.7 Å². The first-order chi connectivity index (χ1) is 9.29. The molecular formula is C15H16ClFO2. The second-order valence-electron chi connectivity index (χ2n) is 4.33. The van der Waals surface area contributed by atoms with Gasteiger partial charge in [0.15, 0.2) is 11.6 Å². The summed E-state index contributed by atoms with van der Waals surface area (Å²) in [6.45, 7) is 1.15. The number of hydrogen-bond donors (Lipinski definition) is 0. The Balaban J connectivity index is 1.98. The van der Waals surface area contributed by atoms with Crippen LogP contribution in [0.1, 0.15) is 24.8 Å². The van der Waals surface area contributed by atoms with E-state index in [1.54, 1.807) is 12.1 Å². The van der Waals surface area contributed by atoms with E-state index in [-0.39, 0.29) is 17.7 Å².